The number of rotatable bonds is 5. The van der Waals surface area contributed by atoms with E-state index in [1.54, 1.807) is 0 Å². The molecule has 2 aliphatic rings. The molecule has 8 heteroatoms. The first-order valence-corrected chi connectivity index (χ1v) is 13.6. The molecule has 6 nitrogen and oxygen atoms in total. The van der Waals surface area contributed by atoms with Crippen molar-refractivity contribution >= 4 is 48.9 Å². The smallest absolute Gasteiger partial charge is 0.146 e. The van der Waals surface area contributed by atoms with Gasteiger partial charge in [-0.2, -0.15) is 0 Å². The van der Waals surface area contributed by atoms with Gasteiger partial charge in [-0.1, -0.05) is 12.1 Å². The molecule has 5 heterocycles. The molecule has 0 spiro atoms. The van der Waals surface area contributed by atoms with Gasteiger partial charge < -0.3 is 4.90 Å². The fourth-order valence-electron chi connectivity index (χ4n) is 5.01. The number of piperazine rings is 1. The highest BCUT2D eigenvalue weighted by Crippen LogP contribution is 2.36. The van der Waals surface area contributed by atoms with Crippen LogP contribution in [0.1, 0.15) is 34.1 Å². The normalized spacial score (nSPS) is 18.2. The minimum absolute atomic E-state index is 0.872. The van der Waals surface area contributed by atoms with Crippen LogP contribution in [0.25, 0.3) is 20.4 Å². The third-order valence-electron chi connectivity index (χ3n) is 6.99. The summed E-state index contributed by atoms with van der Waals surface area (Å²) in [6, 6.07) is 8.44. The molecule has 0 unspecified atom stereocenters. The number of anilines is 1. The van der Waals surface area contributed by atoms with Crippen LogP contribution in [0, 0.1) is 13.8 Å². The maximum Gasteiger partial charge on any atom is 0.146 e. The molecule has 2 fully saturated rings. The second-order valence-electron chi connectivity index (χ2n) is 9.25. The lowest BCUT2D eigenvalue weighted by Crippen LogP contribution is -2.46. The highest BCUT2D eigenvalue weighted by Gasteiger charge is 2.25. The number of nitrogens with zero attached hydrogens (tertiary/aromatic N) is 6. The molecule has 172 valence electrons. The highest BCUT2D eigenvalue weighted by atomic mass is 32.1. The lowest BCUT2D eigenvalue weighted by Gasteiger charge is -2.35. The Morgan fingerprint density at radius 3 is 2.36 bits per heavy atom. The minimum Gasteiger partial charge on any atom is -0.353 e. The van der Waals surface area contributed by atoms with E-state index in [0.29, 0.717) is 0 Å². The van der Waals surface area contributed by atoms with E-state index >= 15 is 0 Å². The first-order chi connectivity index (χ1) is 16.1. The number of hydrogen-bond acceptors (Lipinski definition) is 8. The van der Waals surface area contributed by atoms with Crippen molar-refractivity contribution in [2.75, 3.05) is 44.2 Å². The van der Waals surface area contributed by atoms with Crippen LogP contribution in [0.2, 0.25) is 0 Å². The molecule has 0 bridgehead atoms. The fraction of sp³-hybridized carbons (Fsp3) is 0.480. The van der Waals surface area contributed by atoms with Gasteiger partial charge in [-0.25, -0.2) is 15.0 Å². The quantitative estimate of drug-likeness (QED) is 0.409. The van der Waals surface area contributed by atoms with Crippen molar-refractivity contribution in [1.29, 1.82) is 0 Å². The van der Waals surface area contributed by atoms with Crippen LogP contribution in [-0.2, 0) is 13.1 Å². The SMILES string of the molecule is Cc1sc2nc(CN3CCCC3)nc(N3CCN(Cc4nc5ccccc5s4)CC3)c2c1C. The maximum atomic E-state index is 5.15. The van der Waals surface area contributed by atoms with Crippen LogP contribution >= 0.6 is 22.7 Å². The van der Waals surface area contributed by atoms with Crippen molar-refractivity contribution in [2.45, 2.75) is 39.8 Å². The summed E-state index contributed by atoms with van der Waals surface area (Å²) in [4.78, 5) is 25.0. The summed E-state index contributed by atoms with van der Waals surface area (Å²) in [5, 5.41) is 2.48. The van der Waals surface area contributed by atoms with E-state index in [1.807, 2.05) is 22.7 Å². The Hall–Kier alpha value is -2.13. The van der Waals surface area contributed by atoms with Crippen LogP contribution in [0.3, 0.4) is 0 Å². The molecule has 33 heavy (non-hydrogen) atoms. The van der Waals surface area contributed by atoms with Crippen LogP contribution in [0.4, 0.5) is 5.82 Å². The van der Waals surface area contributed by atoms with Gasteiger partial charge >= 0.3 is 0 Å². The number of fused-ring (bicyclic) bond motifs is 2. The van der Waals surface area contributed by atoms with Gasteiger partial charge in [0.2, 0.25) is 0 Å². The van der Waals surface area contributed by atoms with E-state index < -0.39 is 0 Å². The van der Waals surface area contributed by atoms with Gasteiger partial charge in [0.15, 0.2) is 0 Å². The van der Waals surface area contributed by atoms with Crippen molar-refractivity contribution in [1.82, 2.24) is 24.8 Å². The number of aryl methyl sites for hydroxylation is 2. The Bertz CT molecular complexity index is 1250. The third kappa shape index (κ3) is 4.25. The molecule has 2 saturated heterocycles. The largest absolute Gasteiger partial charge is 0.353 e. The van der Waals surface area contributed by atoms with Gasteiger partial charge in [0.05, 0.1) is 28.7 Å². The minimum atomic E-state index is 0.872. The van der Waals surface area contributed by atoms with Crippen LogP contribution in [-0.4, -0.2) is 64.0 Å². The Morgan fingerprint density at radius 1 is 0.818 bits per heavy atom. The molecule has 0 aliphatic carbocycles. The third-order valence-corrected chi connectivity index (χ3v) is 9.11. The average molecular weight is 479 g/mol. The topological polar surface area (TPSA) is 48.4 Å². The number of hydrogen-bond donors (Lipinski definition) is 0. The number of thiazole rings is 1. The maximum absolute atomic E-state index is 5.15. The van der Waals surface area contributed by atoms with E-state index in [0.717, 1.165) is 61.3 Å². The van der Waals surface area contributed by atoms with E-state index in [2.05, 4.69) is 52.8 Å². The first kappa shape index (κ1) is 21.4. The molecule has 1 aromatic carbocycles. The van der Waals surface area contributed by atoms with Gasteiger partial charge in [-0.3, -0.25) is 9.80 Å². The van der Waals surface area contributed by atoms with E-state index in [4.69, 9.17) is 15.0 Å². The van der Waals surface area contributed by atoms with Crippen LogP contribution in [0.5, 0.6) is 0 Å². The van der Waals surface area contributed by atoms with E-state index in [1.165, 1.54) is 51.5 Å². The summed E-state index contributed by atoms with van der Waals surface area (Å²) in [7, 11) is 0. The molecule has 4 aromatic rings. The van der Waals surface area contributed by atoms with Crippen molar-refractivity contribution in [3.63, 3.8) is 0 Å². The molecule has 6 rings (SSSR count). The van der Waals surface area contributed by atoms with E-state index in [9.17, 15) is 0 Å². The lowest BCUT2D eigenvalue weighted by atomic mass is 10.2. The molecule has 0 saturated carbocycles. The zero-order valence-electron chi connectivity index (χ0n) is 19.4. The van der Waals surface area contributed by atoms with Crippen LogP contribution in [0.15, 0.2) is 24.3 Å². The molecule has 0 amide bonds. The Morgan fingerprint density at radius 2 is 1.58 bits per heavy atom. The zero-order chi connectivity index (χ0) is 22.4. The van der Waals surface area contributed by atoms with Crippen molar-refractivity contribution in [3.05, 3.63) is 45.5 Å². The second-order valence-corrected chi connectivity index (χ2v) is 11.6. The van der Waals surface area contributed by atoms with Crippen molar-refractivity contribution in [3.8, 4) is 0 Å². The Kier molecular flexibility index (Phi) is 5.78. The molecule has 0 atom stereocenters. The first-order valence-electron chi connectivity index (χ1n) is 11.9. The number of para-hydroxylation sites is 1. The second kappa shape index (κ2) is 8.91. The summed E-state index contributed by atoms with van der Waals surface area (Å²) < 4.78 is 1.28. The molecular formula is C25H30N6S2. The molecule has 0 radical (unpaired) electrons. The molecule has 2 aliphatic heterocycles. The number of benzene rings is 1. The summed E-state index contributed by atoms with van der Waals surface area (Å²) in [5.41, 5.74) is 2.46. The summed E-state index contributed by atoms with van der Waals surface area (Å²) in [6.45, 7) is 12.6. The van der Waals surface area contributed by atoms with Gasteiger partial charge in [-0.15, -0.1) is 22.7 Å². The standard InChI is InChI=1S/C25H30N6S2/c1-17-18(2)32-25-23(17)24(27-21(28-25)15-29-9-5-6-10-29)31-13-11-30(12-14-31)16-22-26-19-7-3-4-8-20(19)33-22/h3-4,7-8H,5-6,9-16H2,1-2H3. The average Bonchev–Trinajstić information content (AvgIpc) is 3.54. The van der Waals surface area contributed by atoms with Crippen molar-refractivity contribution < 1.29 is 0 Å². The molecule has 3 aromatic heterocycles. The van der Waals surface area contributed by atoms with E-state index in [-0.39, 0.29) is 0 Å². The lowest BCUT2D eigenvalue weighted by molar-refractivity contribution is 0.249. The summed E-state index contributed by atoms with van der Waals surface area (Å²) >= 11 is 3.64. The molecule has 0 N–H and O–H groups in total. The predicted octanol–water partition coefficient (Wildman–Crippen LogP) is 4.84. The predicted molar refractivity (Wildman–Crippen MR) is 139 cm³/mol. The monoisotopic (exact) mass is 478 g/mol. The highest BCUT2D eigenvalue weighted by molar-refractivity contribution is 7.19. The number of thiophene rings is 1. The summed E-state index contributed by atoms with van der Waals surface area (Å²) in [5.74, 6) is 2.13. The molecular weight excluding hydrogens is 448 g/mol. The fourth-order valence-corrected chi connectivity index (χ4v) is 7.06. The Labute approximate surface area is 202 Å². The van der Waals surface area contributed by atoms with Gasteiger partial charge in [-0.05, 0) is 57.5 Å². The summed E-state index contributed by atoms with van der Waals surface area (Å²) in [6.07, 6.45) is 2.59. The van der Waals surface area contributed by atoms with Gasteiger partial charge in [0.1, 0.15) is 21.5 Å². The van der Waals surface area contributed by atoms with Crippen molar-refractivity contribution in [2.24, 2.45) is 0 Å². The number of likely N-dealkylation sites (tertiary alicyclic amines) is 1. The van der Waals surface area contributed by atoms with Gasteiger partial charge in [0, 0.05) is 31.1 Å². The number of aromatic nitrogens is 3. The van der Waals surface area contributed by atoms with Gasteiger partial charge in [0.25, 0.3) is 0 Å². The zero-order valence-corrected chi connectivity index (χ0v) is 21.0. The Balaban J connectivity index is 1.21. The van der Waals surface area contributed by atoms with Crippen LogP contribution < -0.4 is 4.90 Å².